The lowest BCUT2D eigenvalue weighted by Crippen LogP contribution is -2.47. The summed E-state index contributed by atoms with van der Waals surface area (Å²) in [4.78, 5) is 25.2. The molecule has 0 spiro atoms. The van der Waals surface area contributed by atoms with E-state index >= 15 is 0 Å². The van der Waals surface area contributed by atoms with Crippen molar-refractivity contribution in [3.05, 3.63) is 74.8 Å². The Bertz CT molecular complexity index is 1430. The van der Waals surface area contributed by atoms with Crippen LogP contribution in [-0.2, 0) is 0 Å². The van der Waals surface area contributed by atoms with Crippen molar-refractivity contribution in [1.82, 2.24) is 9.97 Å². The van der Waals surface area contributed by atoms with Crippen molar-refractivity contribution in [2.24, 2.45) is 0 Å². The Morgan fingerprint density at radius 1 is 1.03 bits per heavy atom. The number of aromatic nitrogens is 2. The number of benzene rings is 2. The zero-order chi connectivity index (χ0) is 23.8. The van der Waals surface area contributed by atoms with Crippen molar-refractivity contribution in [1.29, 1.82) is 0 Å². The molecule has 174 valence electrons. The van der Waals surface area contributed by atoms with Gasteiger partial charge in [-0.05, 0) is 19.1 Å². The van der Waals surface area contributed by atoms with Crippen molar-refractivity contribution in [3.8, 4) is 17.4 Å². The van der Waals surface area contributed by atoms with E-state index in [1.165, 1.54) is 18.4 Å². The van der Waals surface area contributed by atoms with Gasteiger partial charge in [0.1, 0.15) is 34.1 Å². The molecule has 0 amide bonds. The number of ether oxygens (including phenoxy) is 1. The summed E-state index contributed by atoms with van der Waals surface area (Å²) in [5.74, 6) is 1.67. The maximum atomic E-state index is 12.0. The molecule has 1 aliphatic rings. The van der Waals surface area contributed by atoms with Crippen LogP contribution in [0.15, 0.2) is 57.9 Å². The van der Waals surface area contributed by atoms with E-state index in [4.69, 9.17) is 32.4 Å². The molecule has 0 radical (unpaired) electrons. The zero-order valence-electron chi connectivity index (χ0n) is 18.2. The van der Waals surface area contributed by atoms with E-state index in [9.17, 15) is 9.90 Å². The topological polar surface area (TPSA) is 91.9 Å². The average Bonchev–Trinajstić information content (AvgIpc) is 2.80. The van der Waals surface area contributed by atoms with Crippen molar-refractivity contribution in [3.63, 3.8) is 0 Å². The molecular formula is C24H20Cl2N4O4. The molecule has 0 bridgehead atoms. The Morgan fingerprint density at radius 3 is 2.59 bits per heavy atom. The molecule has 8 nitrogen and oxygen atoms in total. The van der Waals surface area contributed by atoms with E-state index < -0.39 is 0 Å². The van der Waals surface area contributed by atoms with Crippen LogP contribution in [0.25, 0.3) is 11.0 Å². The Labute approximate surface area is 204 Å². The minimum absolute atomic E-state index is 0.104. The Balaban J connectivity index is 1.35. The van der Waals surface area contributed by atoms with Crippen LogP contribution in [0.5, 0.6) is 17.4 Å². The number of rotatable bonds is 4. The molecule has 4 aromatic rings. The standard InChI is InChI=1S/C24H20Cl2N4O4/c1-14-27-21(30-8-6-29(7-9-30)17-4-2-3-16(25)24(17)26)13-22(28-14)34-15-11-19(32)23-18(31)5-10-33-20(23)12-15/h2-5,10-13,32H,6-9H2,1H3. The number of phenols is 1. The first-order chi connectivity index (χ1) is 16.4. The summed E-state index contributed by atoms with van der Waals surface area (Å²) in [5.41, 5.74) is 0.812. The fraction of sp³-hybridized carbons (Fsp3) is 0.208. The van der Waals surface area contributed by atoms with Gasteiger partial charge in [0.05, 0.1) is 22.0 Å². The lowest BCUT2D eigenvalue weighted by Gasteiger charge is -2.37. The van der Waals surface area contributed by atoms with Gasteiger partial charge >= 0.3 is 0 Å². The Morgan fingerprint density at radius 2 is 1.79 bits per heavy atom. The maximum Gasteiger partial charge on any atom is 0.224 e. The number of fused-ring (bicyclic) bond motifs is 1. The highest BCUT2D eigenvalue weighted by Gasteiger charge is 2.22. The zero-order valence-corrected chi connectivity index (χ0v) is 19.7. The average molecular weight is 499 g/mol. The molecule has 5 rings (SSSR count). The molecule has 3 heterocycles. The van der Waals surface area contributed by atoms with Crippen LogP contribution < -0.4 is 20.0 Å². The van der Waals surface area contributed by atoms with Crippen molar-refractivity contribution in [2.75, 3.05) is 36.0 Å². The SMILES string of the molecule is Cc1nc(Oc2cc(O)c3c(=O)ccoc3c2)cc(N2CCN(c3cccc(Cl)c3Cl)CC2)n1. The number of halogens is 2. The second-order valence-corrected chi connectivity index (χ2v) is 8.65. The molecule has 0 saturated carbocycles. The largest absolute Gasteiger partial charge is 0.507 e. The number of aryl methyl sites for hydroxylation is 1. The Hall–Kier alpha value is -3.49. The normalized spacial score (nSPS) is 14.0. The smallest absolute Gasteiger partial charge is 0.224 e. The molecule has 1 fully saturated rings. The minimum atomic E-state index is -0.330. The summed E-state index contributed by atoms with van der Waals surface area (Å²) in [7, 11) is 0. The summed E-state index contributed by atoms with van der Waals surface area (Å²) in [5, 5.41) is 11.5. The number of aromatic hydroxyl groups is 1. The predicted octanol–water partition coefficient (Wildman–Crippen LogP) is 5.02. The van der Waals surface area contributed by atoms with Gasteiger partial charge in [0.15, 0.2) is 5.43 Å². The number of hydrogen-bond acceptors (Lipinski definition) is 8. The van der Waals surface area contributed by atoms with Gasteiger partial charge in [-0.2, -0.15) is 4.98 Å². The first-order valence-corrected chi connectivity index (χ1v) is 11.4. The highest BCUT2D eigenvalue weighted by molar-refractivity contribution is 6.43. The molecule has 2 aromatic heterocycles. The van der Waals surface area contributed by atoms with Crippen LogP contribution in [0.2, 0.25) is 10.0 Å². The van der Waals surface area contributed by atoms with Crippen LogP contribution in [0.4, 0.5) is 11.5 Å². The molecule has 1 N–H and O–H groups in total. The van der Waals surface area contributed by atoms with Crippen LogP contribution in [0.3, 0.4) is 0 Å². The van der Waals surface area contributed by atoms with Crippen molar-refractivity contribution in [2.45, 2.75) is 6.92 Å². The first-order valence-electron chi connectivity index (χ1n) is 10.6. The van der Waals surface area contributed by atoms with Crippen LogP contribution in [-0.4, -0.2) is 41.3 Å². The molecule has 1 aliphatic heterocycles. The summed E-state index contributed by atoms with van der Waals surface area (Å²) < 4.78 is 11.2. The quantitative estimate of drug-likeness (QED) is 0.419. The first kappa shape index (κ1) is 22.3. The van der Waals surface area contributed by atoms with Gasteiger partial charge in [0.2, 0.25) is 5.88 Å². The highest BCUT2D eigenvalue weighted by atomic mass is 35.5. The fourth-order valence-corrected chi connectivity index (χ4v) is 4.42. The maximum absolute atomic E-state index is 12.0. The third-order valence-electron chi connectivity index (χ3n) is 5.61. The van der Waals surface area contributed by atoms with Gasteiger partial charge in [-0.1, -0.05) is 29.3 Å². The van der Waals surface area contributed by atoms with Gasteiger partial charge in [-0.15, -0.1) is 0 Å². The third kappa shape index (κ3) is 4.34. The molecule has 1 saturated heterocycles. The van der Waals surface area contributed by atoms with Crippen molar-refractivity contribution >= 4 is 45.7 Å². The van der Waals surface area contributed by atoms with E-state index in [0.29, 0.717) is 27.5 Å². The molecule has 0 unspecified atom stereocenters. The summed E-state index contributed by atoms with van der Waals surface area (Å²) >= 11 is 12.6. The summed E-state index contributed by atoms with van der Waals surface area (Å²) in [6, 6.07) is 11.5. The van der Waals surface area contributed by atoms with Gasteiger partial charge in [-0.3, -0.25) is 4.79 Å². The molecule has 0 aliphatic carbocycles. The van der Waals surface area contributed by atoms with E-state index in [0.717, 1.165) is 37.7 Å². The molecule has 10 heteroatoms. The summed E-state index contributed by atoms with van der Waals surface area (Å²) in [6.07, 6.45) is 1.27. The van der Waals surface area contributed by atoms with Gasteiger partial charge in [-0.25, -0.2) is 4.98 Å². The fourth-order valence-electron chi connectivity index (χ4n) is 4.00. The molecule has 2 aromatic carbocycles. The number of nitrogens with zero attached hydrogens (tertiary/aromatic N) is 4. The van der Waals surface area contributed by atoms with Crippen molar-refractivity contribution < 1.29 is 14.3 Å². The van der Waals surface area contributed by atoms with Gasteiger partial charge in [0, 0.05) is 50.4 Å². The van der Waals surface area contributed by atoms with Crippen LogP contribution >= 0.6 is 23.2 Å². The molecule has 0 atom stereocenters. The lowest BCUT2D eigenvalue weighted by molar-refractivity contribution is 0.444. The van der Waals surface area contributed by atoms with Crippen LogP contribution in [0.1, 0.15) is 5.82 Å². The van der Waals surface area contributed by atoms with E-state index in [1.54, 1.807) is 25.1 Å². The number of anilines is 2. The van der Waals surface area contributed by atoms with Crippen LogP contribution in [0, 0.1) is 6.92 Å². The summed E-state index contributed by atoms with van der Waals surface area (Å²) in [6.45, 7) is 4.73. The minimum Gasteiger partial charge on any atom is -0.507 e. The second kappa shape index (κ2) is 9.04. The third-order valence-corrected chi connectivity index (χ3v) is 6.42. The number of hydrogen-bond donors (Lipinski definition) is 1. The predicted molar refractivity (Wildman–Crippen MR) is 132 cm³/mol. The van der Waals surface area contributed by atoms with E-state index in [1.807, 2.05) is 12.1 Å². The number of phenolic OH excluding ortho intramolecular Hbond substituents is 1. The lowest BCUT2D eigenvalue weighted by atomic mass is 10.2. The van der Waals surface area contributed by atoms with Gasteiger partial charge in [0.25, 0.3) is 0 Å². The highest BCUT2D eigenvalue weighted by Crippen LogP contribution is 2.34. The van der Waals surface area contributed by atoms with E-state index in [-0.39, 0.29) is 22.1 Å². The number of piperazine rings is 1. The monoisotopic (exact) mass is 498 g/mol. The van der Waals surface area contributed by atoms with E-state index in [2.05, 4.69) is 19.8 Å². The Kier molecular flexibility index (Phi) is 5.93. The second-order valence-electron chi connectivity index (χ2n) is 7.86. The van der Waals surface area contributed by atoms with Gasteiger partial charge < -0.3 is 24.1 Å². The molecule has 34 heavy (non-hydrogen) atoms. The molecular weight excluding hydrogens is 479 g/mol.